The molecule has 0 heterocycles. The van der Waals surface area contributed by atoms with Crippen molar-refractivity contribution in [2.24, 2.45) is 56.7 Å². The van der Waals surface area contributed by atoms with E-state index in [4.69, 9.17) is 0 Å². The molecule has 0 heteroatoms. The monoisotopic (exact) mass is 851 g/mol. The molecule has 60 heavy (non-hydrogen) atoms. The van der Waals surface area contributed by atoms with Crippen molar-refractivity contribution in [3.63, 3.8) is 0 Å². The normalized spacial score (nSPS) is 18.8. The van der Waals surface area contributed by atoms with Gasteiger partial charge >= 0.3 is 0 Å². The molecule has 0 aromatic rings. The fraction of sp³-hybridized carbons (Fsp3) is 1.00. The van der Waals surface area contributed by atoms with Gasteiger partial charge in [0.05, 0.1) is 0 Å². The van der Waals surface area contributed by atoms with Crippen LogP contribution in [0.2, 0.25) is 0 Å². The third-order valence-electron chi connectivity index (χ3n) is 11.6. The lowest BCUT2D eigenvalue weighted by atomic mass is 9.74. The van der Waals surface area contributed by atoms with Crippen LogP contribution in [0.3, 0.4) is 0 Å². The Morgan fingerprint density at radius 1 is 0.200 bits per heavy atom. The minimum Gasteiger partial charge on any atom is -0.0683 e. The van der Waals surface area contributed by atoms with Gasteiger partial charge in [0.25, 0.3) is 0 Å². The molecule has 0 radical (unpaired) electrons. The molecule has 0 N–H and O–H groups in total. The van der Waals surface area contributed by atoms with Crippen LogP contribution < -0.4 is 0 Å². The van der Waals surface area contributed by atoms with Gasteiger partial charge < -0.3 is 0 Å². The number of hydrogen-bond acceptors (Lipinski definition) is 0. The molecule has 0 nitrogen and oxygen atoms in total. The summed E-state index contributed by atoms with van der Waals surface area (Å²) in [6.45, 7) is 55.3. The first-order chi connectivity index (χ1) is 27.9. The standard InChI is InChI=1S/C12H24.C11H22.C10H20.C9H18.C8H16.5C2H6/c1-12(2,3)10-11-8-6-4-5-7-9-11;1-11(2,3)9-10-7-5-4-6-8-10;1-10(2,3)8-9-6-4-5-7-9;1-9(2,3)7-8-5-4-6-8;1-8(2,3)6-7-4-5-7;5*1-2/h11H,4-10H2,1-3H3;10H,4-9H2,1-3H3;9H,4-8H2,1-3H3;8H,4-7H2,1-3H3;7H,4-6H2,1-3H3;5*1-2H3. The highest BCUT2D eigenvalue weighted by Gasteiger charge is 2.27. The molecule has 0 unspecified atom stereocenters. The smallest absolute Gasteiger partial charge is 0.0380 e. The van der Waals surface area contributed by atoms with Gasteiger partial charge in [-0.15, -0.1) is 0 Å². The summed E-state index contributed by atoms with van der Waals surface area (Å²) in [6, 6.07) is 0. The van der Waals surface area contributed by atoms with E-state index in [1.165, 1.54) is 161 Å². The van der Waals surface area contributed by atoms with Gasteiger partial charge in [0.15, 0.2) is 0 Å². The molecule has 5 aliphatic rings. The summed E-state index contributed by atoms with van der Waals surface area (Å²) in [7, 11) is 0. The van der Waals surface area contributed by atoms with Crippen LogP contribution in [0.5, 0.6) is 0 Å². The average molecular weight is 852 g/mol. The van der Waals surface area contributed by atoms with E-state index in [1.807, 2.05) is 69.2 Å². The van der Waals surface area contributed by atoms with Crippen molar-refractivity contribution < 1.29 is 0 Å². The zero-order chi connectivity index (χ0) is 48.1. The van der Waals surface area contributed by atoms with Gasteiger partial charge in [0.1, 0.15) is 0 Å². The first-order valence-corrected chi connectivity index (χ1v) is 27.9. The van der Waals surface area contributed by atoms with Crippen molar-refractivity contribution in [3.05, 3.63) is 0 Å². The molecule has 0 aromatic heterocycles. The van der Waals surface area contributed by atoms with E-state index in [2.05, 4.69) is 104 Å². The second-order valence-electron chi connectivity index (χ2n) is 24.6. The Hall–Kier alpha value is 0. The largest absolute Gasteiger partial charge is 0.0683 e. The van der Waals surface area contributed by atoms with Gasteiger partial charge in [-0.05, 0) is 88.8 Å². The first kappa shape index (κ1) is 69.0. The van der Waals surface area contributed by atoms with Crippen molar-refractivity contribution in [1.82, 2.24) is 0 Å². The summed E-state index contributed by atoms with van der Waals surface area (Å²) in [5.41, 5.74) is 2.83. The van der Waals surface area contributed by atoms with E-state index in [9.17, 15) is 0 Å². The molecule has 0 amide bonds. The highest BCUT2D eigenvalue weighted by Crippen LogP contribution is 2.40. The fourth-order valence-electron chi connectivity index (χ4n) is 9.52. The van der Waals surface area contributed by atoms with Crippen LogP contribution in [0.25, 0.3) is 0 Å². The SMILES string of the molecule is CC.CC.CC.CC.CC.CC(C)(C)CC1CC1.CC(C)(C)CC1CCC1.CC(C)(C)CC1CCCC1.CC(C)(C)CC1CCCCC1.CC(C)(C)CC1CCCCCC1. The van der Waals surface area contributed by atoms with Gasteiger partial charge in [-0.1, -0.05) is 302 Å². The lowest BCUT2D eigenvalue weighted by molar-refractivity contribution is 0.207. The highest BCUT2D eigenvalue weighted by molar-refractivity contribution is 4.79. The van der Waals surface area contributed by atoms with E-state index in [-0.39, 0.29) is 0 Å². The molecule has 5 aliphatic carbocycles. The summed E-state index contributed by atoms with van der Waals surface area (Å²) < 4.78 is 0. The molecule has 0 atom stereocenters. The second kappa shape index (κ2) is 40.5. The molecule has 0 aromatic carbocycles. The van der Waals surface area contributed by atoms with Gasteiger partial charge in [0, 0.05) is 0 Å². The topological polar surface area (TPSA) is 0 Å². The van der Waals surface area contributed by atoms with E-state index in [1.54, 1.807) is 0 Å². The summed E-state index contributed by atoms with van der Waals surface area (Å²) in [5, 5.41) is 0. The summed E-state index contributed by atoms with van der Waals surface area (Å²) in [4.78, 5) is 0. The Balaban J connectivity index is -0.000000200. The summed E-state index contributed by atoms with van der Waals surface area (Å²) in [5.74, 6) is 5.30. The van der Waals surface area contributed by atoms with Crippen molar-refractivity contribution in [2.45, 2.75) is 334 Å². The third-order valence-corrected chi connectivity index (χ3v) is 11.6. The Bertz CT molecular complexity index is 783. The molecule has 5 fully saturated rings. The number of hydrogen-bond donors (Lipinski definition) is 0. The summed E-state index contributed by atoms with van der Waals surface area (Å²) >= 11 is 0. The van der Waals surface area contributed by atoms with Crippen molar-refractivity contribution in [1.29, 1.82) is 0 Å². The zero-order valence-electron chi connectivity index (χ0n) is 48.1. The fourth-order valence-corrected chi connectivity index (χ4v) is 9.52. The molecule has 0 spiro atoms. The molecule has 0 aliphatic heterocycles. The Labute approximate surface area is 388 Å². The van der Waals surface area contributed by atoms with E-state index in [0.717, 1.165) is 29.6 Å². The first-order valence-electron chi connectivity index (χ1n) is 27.9. The molecule has 370 valence electrons. The third kappa shape index (κ3) is 56.0. The van der Waals surface area contributed by atoms with Crippen LogP contribution in [0.1, 0.15) is 334 Å². The molecule has 0 bridgehead atoms. The maximum Gasteiger partial charge on any atom is -0.0380 e. The number of rotatable bonds is 5. The highest BCUT2D eigenvalue weighted by atomic mass is 14.3. The lowest BCUT2D eigenvalue weighted by Gasteiger charge is -2.31. The van der Waals surface area contributed by atoms with Crippen LogP contribution in [0, 0.1) is 56.7 Å². The Kier molecular flexibility index (Phi) is 46.6. The van der Waals surface area contributed by atoms with Gasteiger partial charge in [-0.3, -0.25) is 0 Å². The predicted molar refractivity (Wildman–Crippen MR) is 287 cm³/mol. The molecular weight excluding hydrogens is 721 g/mol. The van der Waals surface area contributed by atoms with Crippen LogP contribution in [0.15, 0.2) is 0 Å². The van der Waals surface area contributed by atoms with Crippen LogP contribution in [-0.2, 0) is 0 Å². The van der Waals surface area contributed by atoms with Crippen LogP contribution >= 0.6 is 0 Å². The minimum absolute atomic E-state index is 0.551. The Morgan fingerprint density at radius 3 is 0.450 bits per heavy atom. The van der Waals surface area contributed by atoms with Crippen LogP contribution in [0.4, 0.5) is 0 Å². The molecule has 0 saturated heterocycles. The predicted octanol–water partition coefficient (Wildman–Crippen LogP) is 23.2. The molecule has 5 rings (SSSR count). The molecule has 5 saturated carbocycles. The van der Waals surface area contributed by atoms with E-state index in [0.29, 0.717) is 27.1 Å². The van der Waals surface area contributed by atoms with Gasteiger partial charge in [-0.25, -0.2) is 0 Å². The Morgan fingerprint density at radius 2 is 0.333 bits per heavy atom. The van der Waals surface area contributed by atoms with Crippen molar-refractivity contribution in [3.8, 4) is 0 Å². The zero-order valence-corrected chi connectivity index (χ0v) is 48.1. The maximum atomic E-state index is 2.37. The quantitative estimate of drug-likeness (QED) is 0.242. The van der Waals surface area contributed by atoms with Gasteiger partial charge in [-0.2, -0.15) is 0 Å². The van der Waals surface area contributed by atoms with Crippen molar-refractivity contribution >= 4 is 0 Å². The van der Waals surface area contributed by atoms with Gasteiger partial charge in [0.2, 0.25) is 0 Å². The lowest BCUT2D eigenvalue weighted by Crippen LogP contribution is -2.18. The average Bonchev–Trinajstić information content (AvgIpc) is 3.87. The van der Waals surface area contributed by atoms with Crippen LogP contribution in [-0.4, -0.2) is 0 Å². The van der Waals surface area contributed by atoms with E-state index >= 15 is 0 Å². The summed E-state index contributed by atoms with van der Waals surface area (Å²) in [6.07, 6.45) is 37.0. The van der Waals surface area contributed by atoms with E-state index < -0.39 is 0 Å². The maximum absolute atomic E-state index is 2.37. The van der Waals surface area contributed by atoms with Crippen molar-refractivity contribution in [2.75, 3.05) is 0 Å². The molecular formula is C60H130. The minimum atomic E-state index is 0.551. The second-order valence-corrected chi connectivity index (χ2v) is 24.6.